The minimum Gasteiger partial charge on any atom is -0.478 e. The summed E-state index contributed by atoms with van der Waals surface area (Å²) in [6.07, 6.45) is 4.59. The highest BCUT2D eigenvalue weighted by Crippen LogP contribution is 2.15. The molecule has 0 saturated carbocycles. The topological polar surface area (TPSA) is 84.2 Å². The number of hydrogen-bond donors (Lipinski definition) is 2. The number of imidazole rings is 1. The molecular weight excluding hydrogens is 330 g/mol. The van der Waals surface area contributed by atoms with Crippen LogP contribution in [0.5, 0.6) is 0 Å². The van der Waals surface area contributed by atoms with Crippen LogP contribution in [-0.4, -0.2) is 26.5 Å². The number of hydrogen-bond acceptors (Lipinski definition) is 3. The number of aromatic nitrogens is 2. The fourth-order valence-corrected chi connectivity index (χ4v) is 2.75. The first-order valence-electron chi connectivity index (χ1n) is 8.31. The SMILES string of the molecule is CCc1nccn1Cc1ccc(NC(=O)c2ccccc2C(=O)O)cc1. The molecule has 0 fully saturated rings. The van der Waals surface area contributed by atoms with E-state index in [-0.39, 0.29) is 11.1 Å². The molecule has 0 aliphatic heterocycles. The van der Waals surface area contributed by atoms with Crippen LogP contribution >= 0.6 is 0 Å². The fourth-order valence-electron chi connectivity index (χ4n) is 2.75. The Balaban J connectivity index is 1.72. The molecule has 2 N–H and O–H groups in total. The van der Waals surface area contributed by atoms with Crippen LogP contribution in [0.3, 0.4) is 0 Å². The molecule has 6 nitrogen and oxygen atoms in total. The van der Waals surface area contributed by atoms with Crippen molar-refractivity contribution in [1.29, 1.82) is 0 Å². The number of carboxylic acids is 1. The molecule has 0 radical (unpaired) electrons. The molecule has 3 aromatic rings. The zero-order valence-corrected chi connectivity index (χ0v) is 14.3. The molecule has 0 saturated heterocycles. The van der Waals surface area contributed by atoms with Crippen LogP contribution < -0.4 is 5.32 Å². The lowest BCUT2D eigenvalue weighted by molar-refractivity contribution is 0.0692. The van der Waals surface area contributed by atoms with Crippen LogP contribution in [0, 0.1) is 0 Å². The molecule has 0 atom stereocenters. The maximum absolute atomic E-state index is 12.4. The van der Waals surface area contributed by atoms with E-state index in [1.807, 2.05) is 18.3 Å². The summed E-state index contributed by atoms with van der Waals surface area (Å²) in [5.41, 5.74) is 1.81. The Morgan fingerprint density at radius 2 is 1.77 bits per heavy atom. The van der Waals surface area contributed by atoms with Crippen molar-refractivity contribution in [3.8, 4) is 0 Å². The fraction of sp³-hybridized carbons (Fsp3) is 0.150. The van der Waals surface area contributed by atoms with Gasteiger partial charge in [0.25, 0.3) is 5.91 Å². The number of amides is 1. The maximum atomic E-state index is 12.4. The number of aryl methyl sites for hydroxylation is 1. The van der Waals surface area contributed by atoms with Crippen LogP contribution in [0.25, 0.3) is 0 Å². The van der Waals surface area contributed by atoms with Gasteiger partial charge in [0, 0.05) is 31.0 Å². The van der Waals surface area contributed by atoms with Crippen molar-refractivity contribution in [2.75, 3.05) is 5.32 Å². The average Bonchev–Trinajstić information content (AvgIpc) is 3.10. The van der Waals surface area contributed by atoms with Crippen molar-refractivity contribution in [3.05, 3.63) is 83.4 Å². The number of carboxylic acid groups (broad SMARTS) is 1. The maximum Gasteiger partial charge on any atom is 0.336 e. The summed E-state index contributed by atoms with van der Waals surface area (Å²) < 4.78 is 2.08. The van der Waals surface area contributed by atoms with Crippen LogP contribution in [0.1, 0.15) is 39.0 Å². The third-order valence-electron chi connectivity index (χ3n) is 4.08. The van der Waals surface area contributed by atoms with E-state index >= 15 is 0 Å². The molecule has 26 heavy (non-hydrogen) atoms. The van der Waals surface area contributed by atoms with E-state index in [1.54, 1.807) is 30.5 Å². The summed E-state index contributed by atoms with van der Waals surface area (Å²) >= 11 is 0. The minimum atomic E-state index is -1.13. The predicted octanol–water partition coefficient (Wildman–Crippen LogP) is 3.44. The molecule has 1 aromatic heterocycles. The number of carbonyl (C=O) groups is 2. The highest BCUT2D eigenvalue weighted by molar-refractivity contribution is 6.10. The molecule has 1 amide bonds. The van der Waals surface area contributed by atoms with Crippen molar-refractivity contribution in [3.63, 3.8) is 0 Å². The number of nitrogens with zero attached hydrogens (tertiary/aromatic N) is 2. The van der Waals surface area contributed by atoms with Gasteiger partial charge >= 0.3 is 5.97 Å². The van der Waals surface area contributed by atoms with Crippen LogP contribution in [-0.2, 0) is 13.0 Å². The predicted molar refractivity (Wildman–Crippen MR) is 98.5 cm³/mol. The second-order valence-corrected chi connectivity index (χ2v) is 5.83. The van der Waals surface area contributed by atoms with E-state index in [4.69, 9.17) is 0 Å². The molecule has 3 rings (SSSR count). The zero-order chi connectivity index (χ0) is 18.5. The quantitative estimate of drug-likeness (QED) is 0.714. The number of anilines is 1. The summed E-state index contributed by atoms with van der Waals surface area (Å²) in [7, 11) is 0. The summed E-state index contributed by atoms with van der Waals surface area (Å²) in [4.78, 5) is 27.9. The summed E-state index contributed by atoms with van der Waals surface area (Å²) in [5.74, 6) is -0.551. The number of aromatic carboxylic acids is 1. The van der Waals surface area contributed by atoms with Gasteiger partial charge in [-0.1, -0.05) is 31.2 Å². The van der Waals surface area contributed by atoms with E-state index in [0.717, 1.165) is 17.8 Å². The largest absolute Gasteiger partial charge is 0.478 e. The highest BCUT2D eigenvalue weighted by atomic mass is 16.4. The van der Waals surface area contributed by atoms with E-state index < -0.39 is 11.9 Å². The smallest absolute Gasteiger partial charge is 0.336 e. The van der Waals surface area contributed by atoms with Gasteiger partial charge in [-0.25, -0.2) is 9.78 Å². The van der Waals surface area contributed by atoms with Gasteiger partial charge in [0.15, 0.2) is 0 Å². The first-order chi connectivity index (χ1) is 12.6. The molecule has 0 bridgehead atoms. The molecule has 0 aliphatic rings. The molecular formula is C20H19N3O3. The van der Waals surface area contributed by atoms with E-state index in [9.17, 15) is 14.7 Å². The summed E-state index contributed by atoms with van der Waals surface area (Å²) in [6, 6.07) is 13.6. The van der Waals surface area contributed by atoms with Gasteiger partial charge in [-0.15, -0.1) is 0 Å². The number of carbonyl (C=O) groups excluding carboxylic acids is 1. The highest BCUT2D eigenvalue weighted by Gasteiger charge is 2.15. The Labute approximate surface area is 151 Å². The number of rotatable bonds is 6. The van der Waals surface area contributed by atoms with Crippen molar-refractivity contribution in [1.82, 2.24) is 9.55 Å². The van der Waals surface area contributed by atoms with Gasteiger partial charge in [-0.05, 0) is 29.8 Å². The Kier molecular flexibility index (Phi) is 5.12. The van der Waals surface area contributed by atoms with Crippen LogP contribution in [0.2, 0.25) is 0 Å². The Bertz CT molecular complexity index is 929. The van der Waals surface area contributed by atoms with Crippen molar-refractivity contribution in [2.45, 2.75) is 19.9 Å². The van der Waals surface area contributed by atoms with Crippen molar-refractivity contribution in [2.24, 2.45) is 0 Å². The first-order valence-corrected chi connectivity index (χ1v) is 8.31. The molecule has 0 spiro atoms. The number of benzene rings is 2. The standard InChI is InChI=1S/C20H19N3O3/c1-2-18-21-11-12-23(18)13-14-7-9-15(10-8-14)22-19(24)16-5-3-4-6-17(16)20(25)26/h3-12H,2,13H2,1H3,(H,22,24)(H,25,26). The second kappa shape index (κ2) is 7.65. The van der Waals surface area contributed by atoms with Gasteiger partial charge in [-0.2, -0.15) is 0 Å². The molecule has 0 aliphatic carbocycles. The van der Waals surface area contributed by atoms with E-state index in [1.165, 1.54) is 12.1 Å². The molecule has 0 unspecified atom stereocenters. The van der Waals surface area contributed by atoms with Crippen molar-refractivity contribution < 1.29 is 14.7 Å². The normalized spacial score (nSPS) is 10.5. The van der Waals surface area contributed by atoms with E-state index in [2.05, 4.69) is 21.8 Å². The summed E-state index contributed by atoms with van der Waals surface area (Å²) in [5, 5.41) is 11.9. The number of nitrogens with one attached hydrogen (secondary N) is 1. The van der Waals surface area contributed by atoms with Crippen molar-refractivity contribution >= 4 is 17.6 Å². The van der Waals surface area contributed by atoms with Gasteiger partial charge in [0.1, 0.15) is 5.82 Å². The van der Waals surface area contributed by atoms with Gasteiger partial charge in [0.05, 0.1) is 11.1 Å². The average molecular weight is 349 g/mol. The lowest BCUT2D eigenvalue weighted by Gasteiger charge is -2.10. The van der Waals surface area contributed by atoms with Gasteiger partial charge < -0.3 is 15.0 Å². The zero-order valence-electron chi connectivity index (χ0n) is 14.3. The second-order valence-electron chi connectivity index (χ2n) is 5.83. The lowest BCUT2D eigenvalue weighted by Crippen LogP contribution is -2.16. The first kappa shape index (κ1) is 17.4. The van der Waals surface area contributed by atoms with Crippen LogP contribution in [0.4, 0.5) is 5.69 Å². The Morgan fingerprint density at radius 3 is 2.42 bits per heavy atom. The lowest BCUT2D eigenvalue weighted by atomic mass is 10.1. The monoisotopic (exact) mass is 349 g/mol. The Morgan fingerprint density at radius 1 is 1.08 bits per heavy atom. The van der Waals surface area contributed by atoms with Gasteiger partial charge in [0.2, 0.25) is 0 Å². The van der Waals surface area contributed by atoms with E-state index in [0.29, 0.717) is 12.2 Å². The Hall–Kier alpha value is -3.41. The molecule has 2 aromatic carbocycles. The summed E-state index contributed by atoms with van der Waals surface area (Å²) in [6.45, 7) is 2.77. The molecule has 1 heterocycles. The molecule has 6 heteroatoms. The molecule has 132 valence electrons. The van der Waals surface area contributed by atoms with Crippen LogP contribution in [0.15, 0.2) is 60.9 Å². The third kappa shape index (κ3) is 3.80. The minimum absolute atomic E-state index is 0.0196. The third-order valence-corrected chi connectivity index (χ3v) is 4.08. The van der Waals surface area contributed by atoms with Gasteiger partial charge in [-0.3, -0.25) is 4.79 Å².